The molecule has 2 aliphatic rings. The number of fused-ring (bicyclic) bond motifs is 3. The molecule has 184 valence electrons. The molecular formula is C25H27N3O6S. The number of likely N-dealkylation sites (tertiary alicyclic amines) is 1. The number of nitrogens with zero attached hydrogens (tertiary/aromatic N) is 3. The summed E-state index contributed by atoms with van der Waals surface area (Å²) in [5.41, 5.74) is 3.42. The van der Waals surface area contributed by atoms with Crippen LogP contribution in [0.1, 0.15) is 37.4 Å². The lowest BCUT2D eigenvalue weighted by Gasteiger charge is -2.24. The molecule has 1 fully saturated rings. The van der Waals surface area contributed by atoms with Gasteiger partial charge in [-0.2, -0.15) is 4.98 Å². The molecule has 0 saturated carbocycles. The van der Waals surface area contributed by atoms with Crippen molar-refractivity contribution in [1.29, 1.82) is 0 Å². The number of sulfone groups is 1. The molecule has 35 heavy (non-hydrogen) atoms. The van der Waals surface area contributed by atoms with Gasteiger partial charge in [-0.25, -0.2) is 8.42 Å². The van der Waals surface area contributed by atoms with E-state index < -0.39 is 9.84 Å². The van der Waals surface area contributed by atoms with Gasteiger partial charge in [-0.1, -0.05) is 23.4 Å². The second-order valence-corrected chi connectivity index (χ2v) is 11.3. The van der Waals surface area contributed by atoms with Crippen molar-refractivity contribution in [3.8, 4) is 28.6 Å². The third kappa shape index (κ3) is 4.21. The first-order valence-electron chi connectivity index (χ1n) is 11.5. The zero-order chi connectivity index (χ0) is 24.9. The summed E-state index contributed by atoms with van der Waals surface area (Å²) in [5.74, 6) is 1.11. The normalized spacial score (nSPS) is 19.3. The van der Waals surface area contributed by atoms with E-state index in [-0.39, 0.29) is 47.1 Å². The number of β-amino-alcohol motifs (C(OH)–C–C–N with tert-alkyl or cyclic N) is 1. The van der Waals surface area contributed by atoms with E-state index in [1.165, 1.54) is 6.07 Å². The van der Waals surface area contributed by atoms with Gasteiger partial charge in [-0.05, 0) is 55.5 Å². The SMILES string of the molecule is CC(C)Oc1ccc(-c2nc(-c3cccc4c3CC3CC(=O)N(CCO)C43)no2)cc1S(C)(=O)=O. The Morgan fingerprint density at radius 3 is 2.74 bits per heavy atom. The Kier molecular flexibility index (Phi) is 5.88. The predicted molar refractivity (Wildman–Crippen MR) is 127 cm³/mol. The maximum absolute atomic E-state index is 12.4. The number of rotatable bonds is 7. The van der Waals surface area contributed by atoms with Gasteiger partial charge in [0.05, 0.1) is 18.8 Å². The maximum Gasteiger partial charge on any atom is 0.258 e. The average molecular weight is 498 g/mol. The van der Waals surface area contributed by atoms with Crippen LogP contribution in [0.15, 0.2) is 45.8 Å². The van der Waals surface area contributed by atoms with Crippen LogP contribution in [-0.2, 0) is 21.1 Å². The number of carbonyl (C=O) groups is 1. The standard InChI is InChI=1S/C25H27N3O6S/c1-14(2)33-20-8-7-15(12-21(20)35(3,31)32)25-26-24(27-34-25)18-6-4-5-17-19(18)11-16-13-22(30)28(9-10-29)23(16)17/h4-8,12,14,16,23,29H,9-11,13H2,1-3H3. The number of ether oxygens (including phenoxy) is 1. The summed E-state index contributed by atoms with van der Waals surface area (Å²) in [4.78, 5) is 18.8. The van der Waals surface area contributed by atoms with Gasteiger partial charge >= 0.3 is 0 Å². The highest BCUT2D eigenvalue weighted by Gasteiger charge is 2.46. The van der Waals surface area contributed by atoms with Crippen LogP contribution in [0, 0.1) is 5.92 Å². The van der Waals surface area contributed by atoms with E-state index in [0.29, 0.717) is 30.8 Å². The molecule has 5 rings (SSSR count). The first kappa shape index (κ1) is 23.5. The molecule has 2 unspecified atom stereocenters. The number of aliphatic hydroxyl groups excluding tert-OH is 1. The number of hydrogen-bond donors (Lipinski definition) is 1. The van der Waals surface area contributed by atoms with Gasteiger partial charge in [0.2, 0.25) is 11.7 Å². The van der Waals surface area contributed by atoms with Gasteiger partial charge in [0.1, 0.15) is 10.6 Å². The molecule has 1 aromatic heterocycles. The number of amides is 1. The Labute approximate surface area is 203 Å². The molecule has 1 aliphatic carbocycles. The molecule has 2 heterocycles. The van der Waals surface area contributed by atoms with Gasteiger partial charge in [0.25, 0.3) is 5.89 Å². The van der Waals surface area contributed by atoms with Gasteiger partial charge in [-0.15, -0.1) is 0 Å². The van der Waals surface area contributed by atoms with Crippen LogP contribution >= 0.6 is 0 Å². The van der Waals surface area contributed by atoms with Crippen molar-refractivity contribution in [2.75, 3.05) is 19.4 Å². The lowest BCUT2D eigenvalue weighted by atomic mass is 10.0. The zero-order valence-corrected chi connectivity index (χ0v) is 20.6. The molecule has 1 aliphatic heterocycles. The number of carbonyl (C=O) groups excluding carboxylic acids is 1. The molecule has 1 amide bonds. The van der Waals surface area contributed by atoms with E-state index in [4.69, 9.17) is 9.26 Å². The van der Waals surface area contributed by atoms with Crippen molar-refractivity contribution >= 4 is 15.7 Å². The monoisotopic (exact) mass is 497 g/mol. The molecule has 0 radical (unpaired) electrons. The van der Waals surface area contributed by atoms with Crippen LogP contribution in [0.2, 0.25) is 0 Å². The lowest BCUT2D eigenvalue weighted by Crippen LogP contribution is -2.30. The van der Waals surface area contributed by atoms with E-state index >= 15 is 0 Å². The van der Waals surface area contributed by atoms with Crippen molar-refractivity contribution < 1.29 is 27.6 Å². The summed E-state index contributed by atoms with van der Waals surface area (Å²) in [6.07, 6.45) is 2.12. The predicted octanol–water partition coefficient (Wildman–Crippen LogP) is 3.03. The largest absolute Gasteiger partial charge is 0.490 e. The summed E-state index contributed by atoms with van der Waals surface area (Å²) in [5, 5.41) is 13.6. The molecule has 10 heteroatoms. The minimum atomic E-state index is -3.55. The van der Waals surface area contributed by atoms with Gasteiger partial charge in [0, 0.05) is 30.3 Å². The molecule has 0 bridgehead atoms. The lowest BCUT2D eigenvalue weighted by molar-refractivity contribution is -0.129. The van der Waals surface area contributed by atoms with E-state index in [0.717, 1.165) is 22.9 Å². The fourth-order valence-corrected chi connectivity index (χ4v) is 5.98. The summed E-state index contributed by atoms with van der Waals surface area (Å²) in [7, 11) is -3.55. The highest BCUT2D eigenvalue weighted by molar-refractivity contribution is 7.90. The van der Waals surface area contributed by atoms with E-state index in [1.54, 1.807) is 17.0 Å². The van der Waals surface area contributed by atoms with E-state index in [2.05, 4.69) is 10.1 Å². The Bertz CT molecular complexity index is 1400. The topological polar surface area (TPSA) is 123 Å². The molecule has 2 atom stereocenters. The molecule has 2 aromatic carbocycles. The fourth-order valence-electron chi connectivity index (χ4n) is 5.15. The van der Waals surface area contributed by atoms with Crippen molar-refractivity contribution in [1.82, 2.24) is 15.0 Å². The summed E-state index contributed by atoms with van der Waals surface area (Å²) < 4.78 is 35.9. The number of benzene rings is 2. The fraction of sp³-hybridized carbons (Fsp3) is 0.400. The van der Waals surface area contributed by atoms with E-state index in [1.807, 2.05) is 32.0 Å². The number of aromatic nitrogens is 2. The number of aliphatic hydroxyl groups is 1. The molecule has 1 N–H and O–H groups in total. The minimum Gasteiger partial charge on any atom is -0.490 e. The van der Waals surface area contributed by atoms with Crippen LogP contribution in [0.3, 0.4) is 0 Å². The van der Waals surface area contributed by atoms with Gasteiger partial charge in [-0.3, -0.25) is 4.79 Å². The molecule has 0 spiro atoms. The van der Waals surface area contributed by atoms with Gasteiger partial charge in [0.15, 0.2) is 9.84 Å². The van der Waals surface area contributed by atoms with Crippen LogP contribution in [0.25, 0.3) is 22.8 Å². The third-order valence-corrected chi connectivity index (χ3v) is 7.62. The smallest absolute Gasteiger partial charge is 0.258 e. The van der Waals surface area contributed by atoms with Crippen LogP contribution < -0.4 is 4.74 Å². The summed E-state index contributed by atoms with van der Waals surface area (Å²) >= 11 is 0. The van der Waals surface area contributed by atoms with Crippen LogP contribution in [-0.4, -0.2) is 60.0 Å². The summed E-state index contributed by atoms with van der Waals surface area (Å²) in [6.45, 7) is 3.90. The third-order valence-electron chi connectivity index (χ3n) is 6.50. The quantitative estimate of drug-likeness (QED) is 0.528. The Morgan fingerprint density at radius 2 is 2.03 bits per heavy atom. The summed E-state index contributed by atoms with van der Waals surface area (Å²) in [6, 6.07) is 10.6. The Balaban J connectivity index is 1.50. The highest BCUT2D eigenvalue weighted by Crippen LogP contribution is 2.49. The van der Waals surface area contributed by atoms with E-state index in [9.17, 15) is 18.3 Å². The molecule has 9 nitrogen and oxygen atoms in total. The highest BCUT2D eigenvalue weighted by atomic mass is 32.2. The van der Waals surface area contributed by atoms with Gasteiger partial charge < -0.3 is 19.3 Å². The Morgan fingerprint density at radius 1 is 1.23 bits per heavy atom. The minimum absolute atomic E-state index is 0.0539. The first-order chi connectivity index (χ1) is 16.7. The zero-order valence-electron chi connectivity index (χ0n) is 19.8. The molecular weight excluding hydrogens is 470 g/mol. The second kappa shape index (κ2) is 8.76. The molecule has 1 saturated heterocycles. The number of hydrogen-bond acceptors (Lipinski definition) is 8. The van der Waals surface area contributed by atoms with Crippen molar-refractivity contribution in [2.45, 2.75) is 43.7 Å². The van der Waals surface area contributed by atoms with Crippen molar-refractivity contribution in [2.24, 2.45) is 5.92 Å². The Hall–Kier alpha value is -3.24. The van der Waals surface area contributed by atoms with Crippen molar-refractivity contribution in [3.05, 3.63) is 47.5 Å². The average Bonchev–Trinajstić information content (AvgIpc) is 3.48. The second-order valence-electron chi connectivity index (χ2n) is 9.32. The van der Waals surface area contributed by atoms with Crippen LogP contribution in [0.4, 0.5) is 0 Å². The maximum atomic E-state index is 12.4. The van der Waals surface area contributed by atoms with Crippen molar-refractivity contribution in [3.63, 3.8) is 0 Å². The first-order valence-corrected chi connectivity index (χ1v) is 13.4. The molecule has 3 aromatic rings. The van der Waals surface area contributed by atoms with Crippen LogP contribution in [0.5, 0.6) is 5.75 Å².